The first-order valence-electron chi connectivity index (χ1n) is 7.90. The van der Waals surface area contributed by atoms with Gasteiger partial charge in [0.05, 0.1) is 0 Å². The van der Waals surface area contributed by atoms with Crippen LogP contribution in [0.5, 0.6) is 0 Å². The number of fused-ring (bicyclic) bond motifs is 1. The van der Waals surface area contributed by atoms with Crippen LogP contribution in [-0.2, 0) is 20.2 Å². The second kappa shape index (κ2) is 7.76. The Kier molecular flexibility index (Phi) is 6.00. The van der Waals surface area contributed by atoms with Crippen molar-refractivity contribution < 1.29 is 25.9 Å². The molecule has 150 valence electrons. The number of nitrogen functional groups attached to an aromatic ring is 2. The number of aryl methyl sites for hydroxylation is 2. The van der Waals surface area contributed by atoms with Crippen molar-refractivity contribution in [1.29, 1.82) is 0 Å². The van der Waals surface area contributed by atoms with Gasteiger partial charge in [-0.2, -0.15) is 16.8 Å². The Morgan fingerprint density at radius 2 is 1.36 bits per heavy atom. The third-order valence-electron chi connectivity index (χ3n) is 3.92. The van der Waals surface area contributed by atoms with E-state index in [0.717, 1.165) is 23.4 Å². The average molecular weight is 425 g/mol. The summed E-state index contributed by atoms with van der Waals surface area (Å²) in [6, 6.07) is 11.9. The monoisotopic (exact) mass is 424 g/mol. The molecule has 0 spiro atoms. The number of benzene rings is 3. The normalized spacial score (nSPS) is 11.7. The summed E-state index contributed by atoms with van der Waals surface area (Å²) in [6.07, 6.45) is 0. The summed E-state index contributed by atoms with van der Waals surface area (Å²) in [4.78, 5) is -1.00. The molecular weight excluding hydrogens is 404 g/mol. The number of rotatable bonds is 2. The fourth-order valence-corrected chi connectivity index (χ4v) is 4.05. The lowest BCUT2D eigenvalue weighted by molar-refractivity contribution is 0.481. The molecule has 3 rings (SSSR count). The van der Waals surface area contributed by atoms with Crippen molar-refractivity contribution in [1.82, 2.24) is 0 Å². The summed E-state index contributed by atoms with van der Waals surface area (Å²) in [5.74, 6) is 0. The van der Waals surface area contributed by atoms with Gasteiger partial charge in [0.1, 0.15) is 9.79 Å². The summed E-state index contributed by atoms with van der Waals surface area (Å²) in [7, 11) is -9.11. The average Bonchev–Trinajstić information content (AvgIpc) is 2.56. The largest absolute Gasteiger partial charge is 0.399 e. The highest BCUT2D eigenvalue weighted by Gasteiger charge is 2.20. The van der Waals surface area contributed by atoms with Gasteiger partial charge >= 0.3 is 0 Å². The van der Waals surface area contributed by atoms with Crippen molar-refractivity contribution in [3.63, 3.8) is 0 Å². The lowest BCUT2D eigenvalue weighted by atomic mass is 10.1. The quantitative estimate of drug-likeness (QED) is 0.361. The highest BCUT2D eigenvalue weighted by Crippen LogP contribution is 2.30. The number of hydrogen-bond donors (Lipinski definition) is 4. The van der Waals surface area contributed by atoms with E-state index in [1.807, 2.05) is 19.1 Å². The minimum absolute atomic E-state index is 0.0492. The van der Waals surface area contributed by atoms with E-state index in [-0.39, 0.29) is 16.5 Å². The molecule has 28 heavy (non-hydrogen) atoms. The van der Waals surface area contributed by atoms with E-state index in [0.29, 0.717) is 0 Å². The molecular formula is C18H20N2O6S2. The molecule has 8 nitrogen and oxygen atoms in total. The van der Waals surface area contributed by atoms with Crippen LogP contribution in [0.4, 0.5) is 11.4 Å². The smallest absolute Gasteiger partial charge is 0.295 e. The third kappa shape index (κ3) is 4.98. The van der Waals surface area contributed by atoms with E-state index in [9.17, 15) is 16.8 Å². The lowest BCUT2D eigenvalue weighted by Gasteiger charge is -2.08. The van der Waals surface area contributed by atoms with Crippen LogP contribution < -0.4 is 11.5 Å². The summed E-state index contributed by atoms with van der Waals surface area (Å²) in [5.41, 5.74) is 14.3. The molecule has 0 radical (unpaired) electrons. The minimum Gasteiger partial charge on any atom is -0.399 e. The van der Waals surface area contributed by atoms with Gasteiger partial charge in [-0.15, -0.1) is 0 Å². The van der Waals surface area contributed by atoms with Gasteiger partial charge in [0.15, 0.2) is 0 Å². The fraction of sp³-hybridized carbons (Fsp3) is 0.111. The highest BCUT2D eigenvalue weighted by atomic mass is 32.2. The van der Waals surface area contributed by atoms with Gasteiger partial charge in [-0.25, -0.2) is 0 Å². The summed E-state index contributed by atoms with van der Waals surface area (Å²) >= 11 is 0. The number of nitrogens with two attached hydrogens (primary N) is 2. The van der Waals surface area contributed by atoms with Gasteiger partial charge in [-0.1, -0.05) is 29.8 Å². The first-order valence-corrected chi connectivity index (χ1v) is 10.8. The maximum Gasteiger partial charge on any atom is 0.295 e. The maximum atomic E-state index is 11.2. The Morgan fingerprint density at radius 1 is 0.750 bits per heavy atom. The fourth-order valence-electron chi connectivity index (χ4n) is 2.61. The van der Waals surface area contributed by atoms with Crippen LogP contribution >= 0.6 is 0 Å². The van der Waals surface area contributed by atoms with Crippen molar-refractivity contribution in [2.75, 3.05) is 11.5 Å². The van der Waals surface area contributed by atoms with E-state index in [4.69, 9.17) is 20.6 Å². The molecule has 3 aromatic carbocycles. The Bertz CT molecular complexity index is 1250. The second-order valence-corrected chi connectivity index (χ2v) is 8.96. The van der Waals surface area contributed by atoms with E-state index < -0.39 is 30.0 Å². The van der Waals surface area contributed by atoms with Crippen molar-refractivity contribution in [2.24, 2.45) is 0 Å². The van der Waals surface area contributed by atoms with Crippen molar-refractivity contribution >= 4 is 42.4 Å². The van der Waals surface area contributed by atoms with Crippen LogP contribution in [0.1, 0.15) is 11.1 Å². The number of anilines is 2. The van der Waals surface area contributed by atoms with Gasteiger partial charge in [0, 0.05) is 22.1 Å². The Balaban J connectivity index is 0.000000261. The molecule has 0 unspecified atom stereocenters. The van der Waals surface area contributed by atoms with Crippen LogP contribution in [0.3, 0.4) is 0 Å². The van der Waals surface area contributed by atoms with Gasteiger partial charge in [-0.05, 0) is 43.7 Å². The standard InChI is InChI=1S/C10H9NO6S2.C8H11N/c11-6-4-8-7(10(5-6)19(15,16)17)2-1-3-9(8)18(12,13)14;1-6-3-4-8(9)7(2)5-6/h1-5H,11H2,(H,12,13,14)(H,15,16,17);3-5H,9H2,1-2H3. The van der Waals surface area contributed by atoms with Crippen LogP contribution in [0.25, 0.3) is 10.8 Å². The zero-order valence-electron chi connectivity index (χ0n) is 15.1. The van der Waals surface area contributed by atoms with Crippen LogP contribution in [0.15, 0.2) is 58.3 Å². The Morgan fingerprint density at radius 3 is 1.86 bits per heavy atom. The van der Waals surface area contributed by atoms with E-state index in [1.165, 1.54) is 23.8 Å². The zero-order valence-corrected chi connectivity index (χ0v) is 16.8. The van der Waals surface area contributed by atoms with Gasteiger partial charge in [0.25, 0.3) is 20.2 Å². The molecule has 0 amide bonds. The van der Waals surface area contributed by atoms with Gasteiger partial charge in [-0.3, -0.25) is 9.11 Å². The maximum absolute atomic E-state index is 11.2. The molecule has 0 atom stereocenters. The van der Waals surface area contributed by atoms with Crippen molar-refractivity contribution in [3.05, 3.63) is 59.7 Å². The molecule has 0 aromatic heterocycles. The Hall–Kier alpha value is -2.66. The van der Waals surface area contributed by atoms with Crippen LogP contribution in [-0.4, -0.2) is 25.9 Å². The first kappa shape index (κ1) is 21.6. The molecule has 0 bridgehead atoms. The molecule has 0 aliphatic carbocycles. The molecule has 0 aliphatic heterocycles. The molecule has 0 heterocycles. The highest BCUT2D eigenvalue weighted by molar-refractivity contribution is 7.86. The summed E-state index contributed by atoms with van der Waals surface area (Å²) < 4.78 is 63.1. The van der Waals surface area contributed by atoms with Crippen LogP contribution in [0, 0.1) is 13.8 Å². The third-order valence-corrected chi connectivity index (χ3v) is 5.73. The first-order chi connectivity index (χ1) is 12.8. The number of hydrogen-bond acceptors (Lipinski definition) is 6. The topological polar surface area (TPSA) is 161 Å². The summed E-state index contributed by atoms with van der Waals surface area (Å²) in [5, 5.41) is -0.135. The SMILES string of the molecule is Cc1ccc(N)c(C)c1.Nc1cc(S(=O)(=O)O)c2cccc(S(=O)(=O)O)c2c1. The molecule has 6 N–H and O–H groups in total. The minimum atomic E-state index is -4.57. The molecule has 0 saturated heterocycles. The molecule has 10 heteroatoms. The van der Waals surface area contributed by atoms with E-state index in [1.54, 1.807) is 0 Å². The predicted molar refractivity (Wildman–Crippen MR) is 108 cm³/mol. The molecule has 0 fully saturated rings. The molecule has 0 aliphatic rings. The molecule has 3 aromatic rings. The summed E-state index contributed by atoms with van der Waals surface area (Å²) in [6.45, 7) is 4.08. The second-order valence-electron chi connectivity index (χ2n) is 6.18. The van der Waals surface area contributed by atoms with Crippen molar-refractivity contribution in [3.8, 4) is 0 Å². The van der Waals surface area contributed by atoms with Gasteiger partial charge < -0.3 is 11.5 Å². The predicted octanol–water partition coefficient (Wildman–Crippen LogP) is 2.80. The van der Waals surface area contributed by atoms with E-state index in [2.05, 4.69) is 13.0 Å². The van der Waals surface area contributed by atoms with Gasteiger partial charge in [0.2, 0.25) is 0 Å². The Labute approximate surface area is 163 Å². The lowest BCUT2D eigenvalue weighted by Crippen LogP contribution is -2.04. The van der Waals surface area contributed by atoms with Crippen molar-refractivity contribution in [2.45, 2.75) is 23.6 Å². The van der Waals surface area contributed by atoms with Crippen LogP contribution in [0.2, 0.25) is 0 Å². The molecule has 0 saturated carbocycles. The van der Waals surface area contributed by atoms with E-state index >= 15 is 0 Å². The zero-order chi connectivity index (χ0) is 21.3.